The maximum absolute atomic E-state index is 12.1. The minimum Gasteiger partial charge on any atom is -0.388 e. The van der Waals surface area contributed by atoms with Crippen molar-refractivity contribution < 1.29 is 43.8 Å². The summed E-state index contributed by atoms with van der Waals surface area (Å²) >= 11 is 0. The number of nitrogens with zero attached hydrogens (tertiary/aromatic N) is 1. The number of Topliss-reactive ketones (excluding diaryl/α,β-unsaturated/α-hetero) is 1. The lowest BCUT2D eigenvalue weighted by Crippen LogP contribution is -2.44. The number of ketones is 1. The molecule has 0 aromatic carbocycles. The standard InChI is InChI=1S/C11H15N2O9P/c12-11(18)6-3-13-2-1-5(6)8(15)10(17)9(16)7(14)4-22-23(19,20)21/h1-3,7,9-10,14,16-17H,4H2,(H2,12,18)(H2,19,20,21)/t7-,9-,10+/m1/s1. The number of aliphatic hydroxyl groups excluding tert-OH is 3. The summed E-state index contributed by atoms with van der Waals surface area (Å²) in [7, 11) is -4.90. The van der Waals surface area contributed by atoms with Crippen molar-refractivity contribution in [2.24, 2.45) is 5.73 Å². The van der Waals surface area contributed by atoms with Crippen LogP contribution in [-0.2, 0) is 9.09 Å². The first-order valence-electron chi connectivity index (χ1n) is 6.07. The predicted octanol–water partition coefficient (Wildman–Crippen LogP) is -2.44. The van der Waals surface area contributed by atoms with Crippen LogP contribution in [0.1, 0.15) is 20.7 Å². The molecule has 0 saturated heterocycles. The number of aliphatic hydroxyl groups is 3. The van der Waals surface area contributed by atoms with E-state index in [4.69, 9.17) is 15.5 Å². The molecule has 12 heteroatoms. The molecule has 128 valence electrons. The lowest BCUT2D eigenvalue weighted by atomic mass is 9.96. The van der Waals surface area contributed by atoms with E-state index >= 15 is 0 Å². The van der Waals surface area contributed by atoms with Crippen molar-refractivity contribution in [2.45, 2.75) is 18.3 Å². The molecule has 0 saturated carbocycles. The van der Waals surface area contributed by atoms with Gasteiger partial charge in [-0.3, -0.25) is 19.1 Å². The predicted molar refractivity (Wildman–Crippen MR) is 73.1 cm³/mol. The van der Waals surface area contributed by atoms with Crippen LogP contribution in [0.5, 0.6) is 0 Å². The molecule has 0 fully saturated rings. The Morgan fingerprint density at radius 2 is 1.87 bits per heavy atom. The number of aromatic nitrogens is 1. The zero-order valence-corrected chi connectivity index (χ0v) is 12.4. The fraction of sp³-hybridized carbons (Fsp3) is 0.364. The minimum absolute atomic E-state index is 0.301. The summed E-state index contributed by atoms with van der Waals surface area (Å²) in [5.74, 6) is -2.13. The van der Waals surface area contributed by atoms with Gasteiger partial charge in [0, 0.05) is 18.0 Å². The van der Waals surface area contributed by atoms with Crippen molar-refractivity contribution in [3.05, 3.63) is 29.6 Å². The van der Waals surface area contributed by atoms with Crippen LogP contribution in [0.3, 0.4) is 0 Å². The first-order valence-corrected chi connectivity index (χ1v) is 7.60. The van der Waals surface area contributed by atoms with E-state index in [2.05, 4.69) is 9.51 Å². The van der Waals surface area contributed by atoms with Crippen molar-refractivity contribution in [1.82, 2.24) is 4.98 Å². The number of phosphoric ester groups is 1. The highest BCUT2D eigenvalue weighted by atomic mass is 31.2. The molecule has 0 aliphatic heterocycles. The van der Waals surface area contributed by atoms with Gasteiger partial charge in [-0.15, -0.1) is 0 Å². The maximum atomic E-state index is 12.1. The Bertz CT molecular complexity index is 632. The fourth-order valence-corrected chi connectivity index (χ4v) is 1.95. The van der Waals surface area contributed by atoms with Crippen molar-refractivity contribution in [1.29, 1.82) is 0 Å². The second kappa shape index (κ2) is 7.70. The molecule has 11 nitrogen and oxygen atoms in total. The number of hydrogen-bond donors (Lipinski definition) is 6. The average molecular weight is 350 g/mol. The van der Waals surface area contributed by atoms with E-state index in [0.717, 1.165) is 18.5 Å². The van der Waals surface area contributed by atoms with Gasteiger partial charge in [0.2, 0.25) is 0 Å². The van der Waals surface area contributed by atoms with Gasteiger partial charge in [0.05, 0.1) is 12.2 Å². The van der Waals surface area contributed by atoms with Crippen LogP contribution in [0.15, 0.2) is 18.5 Å². The molecule has 7 N–H and O–H groups in total. The van der Waals surface area contributed by atoms with Crippen LogP contribution in [0, 0.1) is 0 Å². The third-order valence-corrected chi connectivity index (χ3v) is 3.24. The Balaban J connectivity index is 2.88. The summed E-state index contributed by atoms with van der Waals surface area (Å²) in [4.78, 5) is 43.8. The number of primary amides is 1. The molecule has 0 aliphatic carbocycles. The van der Waals surface area contributed by atoms with E-state index in [1.165, 1.54) is 0 Å². The molecule has 1 amide bonds. The highest BCUT2D eigenvalue weighted by Crippen LogP contribution is 2.35. The molecule has 1 aromatic rings. The van der Waals surface area contributed by atoms with E-state index in [-0.39, 0.29) is 11.1 Å². The molecular weight excluding hydrogens is 335 g/mol. The van der Waals surface area contributed by atoms with Gasteiger partial charge in [0.25, 0.3) is 5.91 Å². The largest absolute Gasteiger partial charge is 0.469 e. The zero-order valence-electron chi connectivity index (χ0n) is 11.5. The van der Waals surface area contributed by atoms with Crippen molar-refractivity contribution >= 4 is 19.5 Å². The fourth-order valence-electron chi connectivity index (χ4n) is 1.60. The number of rotatable bonds is 8. The molecule has 0 spiro atoms. The first kappa shape index (κ1) is 19.3. The second-order valence-electron chi connectivity index (χ2n) is 4.44. The number of hydrogen-bond acceptors (Lipinski definition) is 8. The number of nitrogens with two attached hydrogens (primary N) is 1. The van der Waals surface area contributed by atoms with Gasteiger partial charge in [0.15, 0.2) is 5.78 Å². The summed E-state index contributed by atoms with van der Waals surface area (Å²) in [5.41, 5.74) is 4.42. The Morgan fingerprint density at radius 1 is 1.26 bits per heavy atom. The SMILES string of the molecule is NC(=O)c1cnccc1C(=O)[C@H](O)[C@H](O)[C@H](O)COP(=O)(O)O. The van der Waals surface area contributed by atoms with E-state index in [9.17, 15) is 29.5 Å². The number of phosphoric acid groups is 1. The molecule has 23 heavy (non-hydrogen) atoms. The van der Waals surface area contributed by atoms with Gasteiger partial charge in [-0.25, -0.2) is 4.57 Å². The zero-order chi connectivity index (χ0) is 17.8. The van der Waals surface area contributed by atoms with E-state index in [1.54, 1.807) is 0 Å². The molecule has 0 aliphatic rings. The summed E-state index contributed by atoms with van der Waals surface area (Å²) < 4.78 is 14.5. The summed E-state index contributed by atoms with van der Waals surface area (Å²) in [6.07, 6.45) is -4.15. The lowest BCUT2D eigenvalue weighted by Gasteiger charge is -2.22. The molecule has 0 bridgehead atoms. The normalized spacial score (nSPS) is 15.7. The van der Waals surface area contributed by atoms with Gasteiger partial charge in [-0.1, -0.05) is 0 Å². The summed E-state index contributed by atoms with van der Waals surface area (Å²) in [5, 5.41) is 28.9. The number of amides is 1. The van der Waals surface area contributed by atoms with Crippen molar-refractivity contribution in [3.8, 4) is 0 Å². The molecule has 1 heterocycles. The quantitative estimate of drug-likeness (QED) is 0.216. The second-order valence-corrected chi connectivity index (χ2v) is 5.68. The van der Waals surface area contributed by atoms with Crippen LogP contribution >= 0.6 is 7.82 Å². The van der Waals surface area contributed by atoms with E-state index < -0.39 is 44.4 Å². The Labute approximate surface area is 129 Å². The van der Waals surface area contributed by atoms with Gasteiger partial charge >= 0.3 is 7.82 Å². The third-order valence-electron chi connectivity index (χ3n) is 2.75. The Kier molecular flexibility index (Phi) is 6.47. The monoisotopic (exact) mass is 350 g/mol. The minimum atomic E-state index is -4.90. The van der Waals surface area contributed by atoms with Crippen LogP contribution in [0.25, 0.3) is 0 Å². The van der Waals surface area contributed by atoms with Crippen LogP contribution < -0.4 is 5.73 Å². The summed E-state index contributed by atoms with van der Waals surface area (Å²) in [6, 6.07) is 1.08. The van der Waals surface area contributed by atoms with E-state index in [1.807, 2.05) is 0 Å². The van der Waals surface area contributed by atoms with Gasteiger partial charge in [0.1, 0.15) is 18.3 Å². The Morgan fingerprint density at radius 3 is 2.39 bits per heavy atom. The van der Waals surface area contributed by atoms with Crippen molar-refractivity contribution in [3.63, 3.8) is 0 Å². The number of carbonyl (C=O) groups is 2. The van der Waals surface area contributed by atoms with Crippen LogP contribution in [-0.4, -0.2) is 66.7 Å². The number of pyridine rings is 1. The van der Waals surface area contributed by atoms with Gasteiger partial charge in [-0.05, 0) is 6.07 Å². The topological polar surface area (TPSA) is 200 Å². The molecular formula is C11H15N2O9P. The lowest BCUT2D eigenvalue weighted by molar-refractivity contribution is -0.0637. The highest BCUT2D eigenvalue weighted by Gasteiger charge is 2.33. The smallest absolute Gasteiger partial charge is 0.388 e. The molecule has 1 aromatic heterocycles. The molecule has 1 rings (SSSR count). The third kappa shape index (κ3) is 5.44. The molecule has 0 unspecified atom stereocenters. The van der Waals surface area contributed by atoms with Gasteiger partial charge in [-0.2, -0.15) is 0 Å². The average Bonchev–Trinajstić information content (AvgIpc) is 2.49. The van der Waals surface area contributed by atoms with Gasteiger partial charge < -0.3 is 30.8 Å². The maximum Gasteiger partial charge on any atom is 0.469 e. The molecule has 3 atom stereocenters. The first-order chi connectivity index (χ1) is 10.5. The van der Waals surface area contributed by atoms with Crippen LogP contribution in [0.2, 0.25) is 0 Å². The summed E-state index contributed by atoms with van der Waals surface area (Å²) in [6.45, 7) is -1.03. The van der Waals surface area contributed by atoms with Crippen molar-refractivity contribution in [2.75, 3.05) is 6.61 Å². The molecule has 0 radical (unpaired) electrons. The number of carbonyl (C=O) groups excluding carboxylic acids is 2. The van der Waals surface area contributed by atoms with E-state index in [0.29, 0.717) is 0 Å². The van der Waals surface area contributed by atoms with Crippen LogP contribution in [0.4, 0.5) is 0 Å². The Hall–Kier alpha value is -1.72. The highest BCUT2D eigenvalue weighted by molar-refractivity contribution is 7.46.